The van der Waals surface area contributed by atoms with Gasteiger partial charge in [0.05, 0.1) is 18.0 Å². The van der Waals surface area contributed by atoms with Crippen LogP contribution in [0, 0.1) is 0 Å². The van der Waals surface area contributed by atoms with E-state index in [1.54, 1.807) is 7.11 Å². The van der Waals surface area contributed by atoms with Crippen LogP contribution in [-0.4, -0.2) is 26.9 Å². The highest BCUT2D eigenvalue weighted by Crippen LogP contribution is 2.29. The topological polar surface area (TPSA) is 56.5 Å². The van der Waals surface area contributed by atoms with Crippen molar-refractivity contribution in [1.82, 2.24) is 0 Å². The first-order valence-corrected chi connectivity index (χ1v) is 6.53. The van der Waals surface area contributed by atoms with E-state index in [2.05, 4.69) is 12.2 Å². The summed E-state index contributed by atoms with van der Waals surface area (Å²) < 4.78 is 10.6. The molecule has 0 saturated carbocycles. The van der Waals surface area contributed by atoms with Gasteiger partial charge in [-0.05, 0) is 31.4 Å². The van der Waals surface area contributed by atoms with E-state index in [9.17, 15) is 0 Å². The molecule has 0 saturated heterocycles. The highest BCUT2D eigenvalue weighted by atomic mass is 16.5. The summed E-state index contributed by atoms with van der Waals surface area (Å²) in [5.74, 6) is 0.763. The van der Waals surface area contributed by atoms with Gasteiger partial charge in [0.15, 0.2) is 0 Å². The molecule has 1 rings (SSSR count). The number of unbranched alkanes of at least 4 members (excludes halogenated alkanes) is 1. The van der Waals surface area contributed by atoms with Gasteiger partial charge in [0.1, 0.15) is 5.75 Å². The second-order valence-electron chi connectivity index (χ2n) is 4.19. The first-order chi connectivity index (χ1) is 8.79. The fourth-order valence-corrected chi connectivity index (χ4v) is 1.63. The molecular weight excluding hydrogens is 228 g/mol. The average molecular weight is 252 g/mol. The molecule has 1 aromatic carbocycles. The minimum Gasteiger partial charge on any atom is -0.491 e. The molecule has 0 aliphatic heterocycles. The van der Waals surface area contributed by atoms with Gasteiger partial charge in [-0.3, -0.25) is 0 Å². The lowest BCUT2D eigenvalue weighted by Gasteiger charge is -2.13. The van der Waals surface area contributed by atoms with E-state index in [-0.39, 0.29) is 0 Å². The molecule has 0 radical (unpaired) electrons. The summed E-state index contributed by atoms with van der Waals surface area (Å²) in [6.07, 6.45) is 3.09. The van der Waals surface area contributed by atoms with Gasteiger partial charge < -0.3 is 20.5 Å². The summed E-state index contributed by atoms with van der Waals surface area (Å²) in [6.45, 7) is 4.47. The minimum atomic E-state index is 0.692. The van der Waals surface area contributed by atoms with Gasteiger partial charge in [0, 0.05) is 20.3 Å². The summed E-state index contributed by atoms with van der Waals surface area (Å²) in [6, 6.07) is 5.84. The Hall–Kier alpha value is -1.42. The van der Waals surface area contributed by atoms with Gasteiger partial charge in [0.25, 0.3) is 0 Å². The summed E-state index contributed by atoms with van der Waals surface area (Å²) in [4.78, 5) is 0. The Morgan fingerprint density at radius 2 is 2.06 bits per heavy atom. The fraction of sp³-hybridized carbons (Fsp3) is 0.571. The van der Waals surface area contributed by atoms with Crippen molar-refractivity contribution in [2.24, 2.45) is 0 Å². The van der Waals surface area contributed by atoms with E-state index < -0.39 is 0 Å². The van der Waals surface area contributed by atoms with Crippen LogP contribution in [0.1, 0.15) is 26.2 Å². The third kappa shape index (κ3) is 4.84. The highest BCUT2D eigenvalue weighted by molar-refractivity contribution is 5.72. The van der Waals surface area contributed by atoms with Gasteiger partial charge in [-0.25, -0.2) is 0 Å². The van der Waals surface area contributed by atoms with Crippen molar-refractivity contribution < 1.29 is 9.47 Å². The van der Waals surface area contributed by atoms with Gasteiger partial charge >= 0.3 is 0 Å². The molecule has 3 N–H and O–H groups in total. The van der Waals surface area contributed by atoms with E-state index in [0.717, 1.165) is 43.9 Å². The lowest BCUT2D eigenvalue weighted by atomic mass is 10.2. The number of hydrogen-bond donors (Lipinski definition) is 2. The number of para-hydroxylation sites is 1. The van der Waals surface area contributed by atoms with Crippen molar-refractivity contribution in [1.29, 1.82) is 0 Å². The Morgan fingerprint density at radius 3 is 2.78 bits per heavy atom. The monoisotopic (exact) mass is 252 g/mol. The fourth-order valence-electron chi connectivity index (χ4n) is 1.63. The van der Waals surface area contributed by atoms with Gasteiger partial charge in [0.2, 0.25) is 0 Å². The van der Waals surface area contributed by atoms with Crippen LogP contribution in [0.15, 0.2) is 18.2 Å². The molecule has 0 aliphatic carbocycles. The number of anilines is 2. The number of methoxy groups -OCH3 is 1. The summed E-state index contributed by atoms with van der Waals surface area (Å²) in [5, 5.41) is 3.33. The number of nitrogens with two attached hydrogens (primary N) is 1. The number of ether oxygens (including phenoxy) is 2. The third-order valence-corrected chi connectivity index (χ3v) is 2.62. The number of nitrogens with one attached hydrogen (secondary N) is 1. The summed E-state index contributed by atoms with van der Waals surface area (Å²) in [5.41, 5.74) is 7.69. The van der Waals surface area contributed by atoms with Crippen molar-refractivity contribution >= 4 is 11.4 Å². The molecule has 0 aromatic heterocycles. The zero-order valence-electron chi connectivity index (χ0n) is 11.4. The van der Waals surface area contributed by atoms with Crippen molar-refractivity contribution in [3.8, 4) is 5.75 Å². The van der Waals surface area contributed by atoms with Crippen molar-refractivity contribution in [3.63, 3.8) is 0 Å². The molecule has 18 heavy (non-hydrogen) atoms. The lowest BCUT2D eigenvalue weighted by molar-refractivity contribution is 0.194. The molecule has 102 valence electrons. The van der Waals surface area contributed by atoms with Crippen LogP contribution in [0.25, 0.3) is 0 Å². The predicted octanol–water partition coefficient (Wildman–Crippen LogP) is 2.90. The van der Waals surface area contributed by atoms with Crippen LogP contribution in [0.2, 0.25) is 0 Å². The van der Waals surface area contributed by atoms with Gasteiger partial charge in [-0.1, -0.05) is 13.0 Å². The number of hydrogen-bond acceptors (Lipinski definition) is 4. The van der Waals surface area contributed by atoms with Crippen LogP contribution in [0.5, 0.6) is 5.75 Å². The van der Waals surface area contributed by atoms with E-state index in [1.165, 1.54) is 0 Å². The maximum Gasteiger partial charge on any atom is 0.144 e. The minimum absolute atomic E-state index is 0.692. The first kappa shape index (κ1) is 14.6. The molecule has 4 heteroatoms. The molecule has 4 nitrogen and oxygen atoms in total. The summed E-state index contributed by atoms with van der Waals surface area (Å²) in [7, 11) is 1.72. The standard InChI is InChI=1S/C14H24N2O2/c1-3-10-18-13-8-6-7-12(14(13)15)16-9-4-5-11-17-2/h6-8,16H,3-5,9-11,15H2,1-2H3. The Kier molecular flexibility index (Phi) is 7.03. The van der Waals surface area contributed by atoms with E-state index in [1.807, 2.05) is 18.2 Å². The van der Waals surface area contributed by atoms with E-state index in [4.69, 9.17) is 15.2 Å². The van der Waals surface area contributed by atoms with Crippen molar-refractivity contribution in [2.75, 3.05) is 37.9 Å². The maximum atomic E-state index is 6.05. The van der Waals surface area contributed by atoms with Crippen molar-refractivity contribution in [2.45, 2.75) is 26.2 Å². The molecule has 0 aliphatic rings. The number of rotatable bonds is 9. The van der Waals surface area contributed by atoms with Crippen LogP contribution in [0.3, 0.4) is 0 Å². The SMILES string of the molecule is CCCOc1cccc(NCCCCOC)c1N. The Labute approximate surface area is 109 Å². The zero-order valence-corrected chi connectivity index (χ0v) is 11.4. The number of nitrogen functional groups attached to an aromatic ring is 1. The second-order valence-corrected chi connectivity index (χ2v) is 4.19. The Morgan fingerprint density at radius 1 is 1.22 bits per heavy atom. The lowest BCUT2D eigenvalue weighted by Crippen LogP contribution is -2.07. The largest absolute Gasteiger partial charge is 0.491 e. The Bertz CT molecular complexity index is 343. The molecule has 0 fully saturated rings. The highest BCUT2D eigenvalue weighted by Gasteiger charge is 2.04. The Balaban J connectivity index is 2.44. The van der Waals surface area contributed by atoms with Crippen LogP contribution in [0.4, 0.5) is 11.4 Å². The molecule has 1 aromatic rings. The average Bonchev–Trinajstić information content (AvgIpc) is 2.39. The van der Waals surface area contributed by atoms with E-state index >= 15 is 0 Å². The molecule has 0 bridgehead atoms. The van der Waals surface area contributed by atoms with Gasteiger partial charge in [-0.15, -0.1) is 0 Å². The molecule has 0 atom stereocenters. The van der Waals surface area contributed by atoms with Crippen LogP contribution < -0.4 is 15.8 Å². The second kappa shape index (κ2) is 8.64. The molecule has 0 heterocycles. The van der Waals surface area contributed by atoms with Gasteiger partial charge in [-0.2, -0.15) is 0 Å². The number of benzene rings is 1. The summed E-state index contributed by atoms with van der Waals surface area (Å²) >= 11 is 0. The quantitative estimate of drug-likeness (QED) is 0.524. The molecule has 0 amide bonds. The maximum absolute atomic E-state index is 6.05. The normalized spacial score (nSPS) is 10.3. The van der Waals surface area contributed by atoms with E-state index in [0.29, 0.717) is 12.3 Å². The third-order valence-electron chi connectivity index (χ3n) is 2.62. The van der Waals surface area contributed by atoms with Crippen molar-refractivity contribution in [3.05, 3.63) is 18.2 Å². The zero-order chi connectivity index (χ0) is 13.2. The molecule has 0 unspecified atom stereocenters. The predicted molar refractivity (Wildman–Crippen MR) is 76.2 cm³/mol. The van der Waals surface area contributed by atoms with Crippen LogP contribution in [-0.2, 0) is 4.74 Å². The first-order valence-electron chi connectivity index (χ1n) is 6.53. The molecule has 0 spiro atoms. The van der Waals surface area contributed by atoms with Crippen LogP contribution >= 0.6 is 0 Å². The smallest absolute Gasteiger partial charge is 0.144 e. The molecular formula is C14H24N2O2.